The van der Waals surface area contributed by atoms with Crippen LogP contribution in [-0.2, 0) is 9.53 Å². The van der Waals surface area contributed by atoms with Crippen LogP contribution in [0.25, 0.3) is 11.6 Å². The summed E-state index contributed by atoms with van der Waals surface area (Å²) in [6, 6.07) is 10.8. The van der Waals surface area contributed by atoms with E-state index in [0.717, 1.165) is 37.2 Å². The van der Waals surface area contributed by atoms with Gasteiger partial charge >= 0.3 is 0 Å². The Kier molecular flexibility index (Phi) is 5.39. The van der Waals surface area contributed by atoms with E-state index in [1.165, 1.54) is 0 Å². The molecule has 2 heterocycles. The Morgan fingerprint density at radius 3 is 2.67 bits per heavy atom. The van der Waals surface area contributed by atoms with Crippen LogP contribution < -0.4 is 10.1 Å². The third-order valence-electron chi connectivity index (χ3n) is 4.85. The molecule has 1 amide bonds. The minimum absolute atomic E-state index is 0.164. The van der Waals surface area contributed by atoms with Gasteiger partial charge in [-0.25, -0.2) is 0 Å². The van der Waals surface area contributed by atoms with Crippen molar-refractivity contribution < 1.29 is 14.3 Å². The van der Waals surface area contributed by atoms with Crippen LogP contribution in [0.1, 0.15) is 24.0 Å². The minimum atomic E-state index is -0.164. The highest BCUT2D eigenvalue weighted by atomic mass is 35.5. The molecular weight excluding hydrogens is 385 g/mol. The van der Waals surface area contributed by atoms with Gasteiger partial charge in [0.2, 0.25) is 0 Å². The number of carbonyl (C=O) groups excluding carboxylic acids is 1. The van der Waals surface area contributed by atoms with Crippen LogP contribution in [-0.4, -0.2) is 25.7 Å². The van der Waals surface area contributed by atoms with E-state index in [1.807, 2.05) is 24.3 Å². The molecular formula is C21H19Cl2NO3. The monoisotopic (exact) mass is 403 g/mol. The highest BCUT2D eigenvalue weighted by Gasteiger charge is 2.25. The number of ether oxygens (including phenoxy) is 2. The molecule has 0 saturated carbocycles. The summed E-state index contributed by atoms with van der Waals surface area (Å²) in [6.07, 6.45) is 3.82. The molecule has 4 nitrogen and oxygen atoms in total. The van der Waals surface area contributed by atoms with E-state index in [4.69, 9.17) is 32.7 Å². The Morgan fingerprint density at radius 1 is 1.11 bits per heavy atom. The van der Waals surface area contributed by atoms with Gasteiger partial charge < -0.3 is 14.8 Å². The normalized spacial score (nSPS) is 18.4. The summed E-state index contributed by atoms with van der Waals surface area (Å²) in [5, 5.41) is 4.02. The van der Waals surface area contributed by atoms with Crippen molar-refractivity contribution in [2.75, 3.05) is 25.1 Å². The van der Waals surface area contributed by atoms with E-state index in [2.05, 4.69) is 5.32 Å². The van der Waals surface area contributed by atoms with Crippen molar-refractivity contribution >= 4 is 46.4 Å². The lowest BCUT2D eigenvalue weighted by atomic mass is 10.0. The Morgan fingerprint density at radius 2 is 1.85 bits per heavy atom. The zero-order valence-electron chi connectivity index (χ0n) is 14.6. The smallest absolute Gasteiger partial charge is 0.256 e. The third-order valence-corrected chi connectivity index (χ3v) is 5.32. The maximum absolute atomic E-state index is 12.4. The van der Waals surface area contributed by atoms with Crippen LogP contribution in [0.15, 0.2) is 36.4 Å². The van der Waals surface area contributed by atoms with E-state index < -0.39 is 0 Å². The molecule has 0 radical (unpaired) electrons. The van der Waals surface area contributed by atoms with Crippen molar-refractivity contribution in [1.82, 2.24) is 0 Å². The molecule has 0 aromatic heterocycles. The molecule has 4 rings (SSSR count). The highest BCUT2D eigenvalue weighted by molar-refractivity contribution is 6.37. The summed E-state index contributed by atoms with van der Waals surface area (Å²) in [4.78, 5) is 12.4. The van der Waals surface area contributed by atoms with Crippen LogP contribution in [0.2, 0.25) is 10.0 Å². The van der Waals surface area contributed by atoms with Crippen LogP contribution in [0, 0.1) is 5.92 Å². The SMILES string of the molecule is O=C1Nc2cc(Cl)ccc2/C1=C\c1cc(Cl)ccc1OCC1CCOCC1. The van der Waals surface area contributed by atoms with Gasteiger partial charge in [-0.3, -0.25) is 4.79 Å². The van der Waals surface area contributed by atoms with Crippen molar-refractivity contribution in [1.29, 1.82) is 0 Å². The first-order valence-corrected chi connectivity index (χ1v) is 9.69. The van der Waals surface area contributed by atoms with Crippen LogP contribution in [0.4, 0.5) is 5.69 Å². The highest BCUT2D eigenvalue weighted by Crippen LogP contribution is 2.36. The average Bonchev–Trinajstić information content (AvgIpc) is 2.96. The Labute approximate surface area is 168 Å². The van der Waals surface area contributed by atoms with Crippen molar-refractivity contribution in [3.8, 4) is 5.75 Å². The molecule has 0 atom stereocenters. The number of benzene rings is 2. The molecule has 27 heavy (non-hydrogen) atoms. The number of nitrogens with one attached hydrogen (secondary N) is 1. The molecule has 2 aliphatic heterocycles. The Bertz CT molecular complexity index is 904. The maximum atomic E-state index is 12.4. The number of carbonyl (C=O) groups is 1. The van der Waals surface area contributed by atoms with E-state index in [9.17, 15) is 4.79 Å². The summed E-state index contributed by atoms with van der Waals surface area (Å²) in [7, 11) is 0. The molecule has 0 unspecified atom stereocenters. The van der Waals surface area contributed by atoms with Crippen LogP contribution in [0.3, 0.4) is 0 Å². The van der Waals surface area contributed by atoms with Gasteiger partial charge in [0, 0.05) is 40.0 Å². The minimum Gasteiger partial charge on any atom is -0.493 e. The lowest BCUT2D eigenvalue weighted by Gasteiger charge is -2.22. The van der Waals surface area contributed by atoms with Gasteiger partial charge in [0.25, 0.3) is 5.91 Å². The van der Waals surface area contributed by atoms with Gasteiger partial charge in [-0.2, -0.15) is 0 Å². The Hall–Kier alpha value is -2.01. The summed E-state index contributed by atoms with van der Waals surface area (Å²) in [5.41, 5.74) is 2.88. The fraction of sp³-hybridized carbons (Fsp3) is 0.286. The topological polar surface area (TPSA) is 47.6 Å². The molecule has 2 aromatic carbocycles. The molecule has 0 spiro atoms. The molecule has 1 fully saturated rings. The van der Waals surface area contributed by atoms with Gasteiger partial charge in [0.1, 0.15) is 5.75 Å². The second kappa shape index (κ2) is 7.93. The molecule has 0 aliphatic carbocycles. The largest absolute Gasteiger partial charge is 0.493 e. The standard InChI is InChI=1S/C21H19Cl2NO3/c22-15-2-4-20(27-12-13-5-7-26-8-6-13)14(9-15)10-18-17-3-1-16(23)11-19(17)24-21(18)25/h1-4,9-11,13H,5-8,12H2,(H,24,25)/b18-10+. The molecule has 140 valence electrons. The van der Waals surface area contributed by atoms with Gasteiger partial charge in [0.15, 0.2) is 0 Å². The lowest BCUT2D eigenvalue weighted by molar-refractivity contribution is -0.110. The van der Waals surface area contributed by atoms with Crippen molar-refractivity contribution in [2.24, 2.45) is 5.92 Å². The van der Waals surface area contributed by atoms with E-state index in [-0.39, 0.29) is 5.91 Å². The van der Waals surface area contributed by atoms with Crippen molar-refractivity contribution in [2.45, 2.75) is 12.8 Å². The first-order chi connectivity index (χ1) is 13.1. The van der Waals surface area contributed by atoms with E-state index >= 15 is 0 Å². The summed E-state index contributed by atoms with van der Waals surface area (Å²) >= 11 is 12.2. The number of amides is 1. The fourth-order valence-electron chi connectivity index (χ4n) is 3.35. The average molecular weight is 404 g/mol. The molecule has 1 N–H and O–H groups in total. The number of hydrogen-bond acceptors (Lipinski definition) is 3. The number of rotatable bonds is 4. The Balaban J connectivity index is 1.62. The van der Waals surface area contributed by atoms with Crippen molar-refractivity contribution in [3.63, 3.8) is 0 Å². The first kappa shape index (κ1) is 18.4. The van der Waals surface area contributed by atoms with E-state index in [1.54, 1.807) is 18.2 Å². The third kappa shape index (κ3) is 4.13. The summed E-state index contributed by atoms with van der Waals surface area (Å²) in [5.74, 6) is 1.03. The summed E-state index contributed by atoms with van der Waals surface area (Å²) in [6.45, 7) is 2.19. The quantitative estimate of drug-likeness (QED) is 0.705. The number of fused-ring (bicyclic) bond motifs is 1. The molecule has 1 saturated heterocycles. The second-order valence-corrected chi connectivity index (χ2v) is 7.62. The van der Waals surface area contributed by atoms with Crippen molar-refractivity contribution in [3.05, 3.63) is 57.6 Å². The molecule has 2 aliphatic rings. The lowest BCUT2D eigenvalue weighted by Crippen LogP contribution is -2.21. The van der Waals surface area contributed by atoms with Crippen LogP contribution in [0.5, 0.6) is 5.75 Å². The molecule has 0 bridgehead atoms. The van der Waals surface area contributed by atoms with Gasteiger partial charge in [0.05, 0.1) is 12.3 Å². The summed E-state index contributed by atoms with van der Waals surface area (Å²) < 4.78 is 11.5. The fourth-order valence-corrected chi connectivity index (χ4v) is 3.70. The first-order valence-electron chi connectivity index (χ1n) is 8.93. The number of halogens is 2. The second-order valence-electron chi connectivity index (χ2n) is 6.75. The molecule has 6 heteroatoms. The zero-order chi connectivity index (χ0) is 18.8. The van der Waals surface area contributed by atoms with Gasteiger partial charge in [-0.1, -0.05) is 29.3 Å². The zero-order valence-corrected chi connectivity index (χ0v) is 16.1. The van der Waals surface area contributed by atoms with Gasteiger partial charge in [-0.05, 0) is 55.2 Å². The molecule has 2 aromatic rings. The van der Waals surface area contributed by atoms with Gasteiger partial charge in [-0.15, -0.1) is 0 Å². The van der Waals surface area contributed by atoms with E-state index in [0.29, 0.717) is 39.6 Å². The number of hydrogen-bond donors (Lipinski definition) is 1. The maximum Gasteiger partial charge on any atom is 0.256 e. The van der Waals surface area contributed by atoms with Crippen LogP contribution >= 0.6 is 23.2 Å². The predicted octanol–water partition coefficient (Wildman–Crippen LogP) is 5.29. The predicted molar refractivity (Wildman–Crippen MR) is 108 cm³/mol. The number of anilines is 1.